The van der Waals surface area contributed by atoms with Crippen molar-refractivity contribution >= 4 is 27.6 Å². The topological polar surface area (TPSA) is 179 Å². The van der Waals surface area contributed by atoms with E-state index in [-0.39, 0.29) is 24.3 Å². The van der Waals surface area contributed by atoms with E-state index in [1.807, 2.05) is 36.4 Å². The predicted octanol–water partition coefficient (Wildman–Crippen LogP) is 0.631. The summed E-state index contributed by atoms with van der Waals surface area (Å²) in [4.78, 5) is 25.3. The van der Waals surface area contributed by atoms with Crippen LogP contribution in [0.1, 0.15) is 22.0 Å². The molecule has 5 rings (SSSR count). The molecule has 0 spiro atoms. The van der Waals surface area contributed by atoms with Gasteiger partial charge >= 0.3 is 5.63 Å². The van der Waals surface area contributed by atoms with Crippen molar-refractivity contribution < 1.29 is 44.2 Å². The maximum atomic E-state index is 12.7. The Balaban J connectivity index is 1.24. The first-order chi connectivity index (χ1) is 19.3. The number of amides is 1. The number of fused-ring (bicyclic) bond motifs is 2. The quantitative estimate of drug-likeness (QED) is 0.170. The van der Waals surface area contributed by atoms with Gasteiger partial charge in [0.2, 0.25) is 0 Å². The minimum atomic E-state index is -1.56. The number of ether oxygens (including phenoxy) is 2. The highest BCUT2D eigenvalue weighted by Crippen LogP contribution is 2.33. The molecule has 0 bridgehead atoms. The summed E-state index contributed by atoms with van der Waals surface area (Å²) in [7, 11) is 0. The number of aliphatic hydroxyl groups excluding tert-OH is 5. The van der Waals surface area contributed by atoms with Gasteiger partial charge in [0.05, 0.1) is 6.61 Å². The summed E-state index contributed by atoms with van der Waals surface area (Å²) in [5.74, 6) is -0.139. The fourth-order valence-electron chi connectivity index (χ4n) is 4.71. The van der Waals surface area contributed by atoms with E-state index in [4.69, 9.17) is 13.9 Å². The summed E-state index contributed by atoms with van der Waals surface area (Å²) >= 11 is 0. The second-order valence-corrected chi connectivity index (χ2v) is 9.65. The molecule has 2 heterocycles. The molecule has 1 aliphatic rings. The van der Waals surface area contributed by atoms with Crippen LogP contribution in [0.4, 0.5) is 0 Å². The van der Waals surface area contributed by atoms with Crippen molar-refractivity contribution in [1.82, 2.24) is 5.32 Å². The van der Waals surface area contributed by atoms with E-state index in [0.717, 1.165) is 10.8 Å². The zero-order chi connectivity index (χ0) is 28.4. The third-order valence-corrected chi connectivity index (χ3v) is 6.90. The first-order valence-electron chi connectivity index (χ1n) is 12.7. The van der Waals surface area contributed by atoms with Gasteiger partial charge in [-0.05, 0) is 29.1 Å². The van der Waals surface area contributed by atoms with Gasteiger partial charge < -0.3 is 44.7 Å². The van der Waals surface area contributed by atoms with Gasteiger partial charge in [0.1, 0.15) is 60.1 Å². The first-order valence-corrected chi connectivity index (χ1v) is 12.7. The SMILES string of the molecule is O=C(NCC(O)COc1cccc2ccccc12)c1cc2ccc([C@@H]3O[C@H](CO)[C@H](O)[C@H](O)[C@H]3O)cc2oc1=O. The largest absolute Gasteiger partial charge is 0.490 e. The van der Waals surface area contributed by atoms with Gasteiger partial charge in [-0.15, -0.1) is 0 Å². The Labute approximate surface area is 227 Å². The Hall–Kier alpha value is -3.84. The van der Waals surface area contributed by atoms with Crippen LogP contribution in [0.2, 0.25) is 0 Å². The standard InChI is InChI=1S/C29H29NO10/c31-13-23-24(33)25(34)26(35)27(39-23)17-9-8-16-10-20(29(37)40-22(16)11-17)28(36)30-12-18(32)14-38-21-7-3-5-15-4-1-2-6-19(15)21/h1-11,18,23-27,31-35H,12-14H2,(H,30,36)/t18?,23-,24+,25+,26-,27+/m1/s1. The molecule has 40 heavy (non-hydrogen) atoms. The van der Waals surface area contributed by atoms with Crippen molar-refractivity contribution in [2.75, 3.05) is 19.8 Å². The highest BCUT2D eigenvalue weighted by molar-refractivity contribution is 5.96. The highest BCUT2D eigenvalue weighted by Gasteiger charge is 2.44. The van der Waals surface area contributed by atoms with Gasteiger partial charge in [-0.1, -0.05) is 48.5 Å². The minimum Gasteiger partial charge on any atom is -0.490 e. The molecule has 1 aliphatic heterocycles. The van der Waals surface area contributed by atoms with Crippen LogP contribution < -0.4 is 15.7 Å². The summed E-state index contributed by atoms with van der Waals surface area (Å²) in [5.41, 5.74) is -0.758. The van der Waals surface area contributed by atoms with E-state index in [2.05, 4.69) is 5.32 Å². The lowest BCUT2D eigenvalue weighted by molar-refractivity contribution is -0.231. The molecule has 11 nitrogen and oxygen atoms in total. The average Bonchev–Trinajstić information content (AvgIpc) is 2.97. The summed E-state index contributed by atoms with van der Waals surface area (Å²) in [5, 5.41) is 55.0. The Morgan fingerprint density at radius 3 is 2.52 bits per heavy atom. The van der Waals surface area contributed by atoms with E-state index in [0.29, 0.717) is 16.7 Å². The van der Waals surface area contributed by atoms with Crippen molar-refractivity contribution in [3.8, 4) is 5.75 Å². The van der Waals surface area contributed by atoms with Gasteiger partial charge in [-0.25, -0.2) is 4.79 Å². The Kier molecular flexibility index (Phi) is 8.12. The molecule has 11 heteroatoms. The van der Waals surface area contributed by atoms with Crippen LogP contribution in [0.25, 0.3) is 21.7 Å². The number of carbonyl (C=O) groups is 1. The molecule has 6 atom stereocenters. The van der Waals surface area contributed by atoms with Crippen molar-refractivity contribution in [2.24, 2.45) is 0 Å². The first kappa shape index (κ1) is 27.7. The molecule has 1 aromatic heterocycles. The lowest BCUT2D eigenvalue weighted by atomic mass is 9.91. The van der Waals surface area contributed by atoms with Crippen LogP contribution in [0.15, 0.2) is 75.9 Å². The van der Waals surface area contributed by atoms with Gasteiger partial charge in [0, 0.05) is 17.3 Å². The van der Waals surface area contributed by atoms with Gasteiger partial charge in [-0.3, -0.25) is 4.79 Å². The zero-order valence-electron chi connectivity index (χ0n) is 21.2. The number of aliphatic hydroxyl groups is 5. The fraction of sp³-hybridized carbons (Fsp3) is 0.310. The molecule has 0 aliphatic carbocycles. The van der Waals surface area contributed by atoms with Crippen LogP contribution >= 0.6 is 0 Å². The number of nitrogens with one attached hydrogen (secondary N) is 1. The number of carbonyl (C=O) groups excluding carboxylic acids is 1. The zero-order valence-corrected chi connectivity index (χ0v) is 21.2. The number of rotatable bonds is 8. The third-order valence-electron chi connectivity index (χ3n) is 6.90. The Morgan fingerprint density at radius 1 is 0.950 bits per heavy atom. The second kappa shape index (κ2) is 11.7. The molecule has 1 saturated heterocycles. The van der Waals surface area contributed by atoms with Gasteiger partial charge in [0.15, 0.2) is 0 Å². The van der Waals surface area contributed by atoms with E-state index in [9.17, 15) is 35.1 Å². The normalized spacial score (nSPS) is 23.7. The van der Waals surface area contributed by atoms with E-state index >= 15 is 0 Å². The molecule has 1 amide bonds. The molecule has 4 aromatic rings. The van der Waals surface area contributed by atoms with E-state index in [1.54, 1.807) is 18.2 Å². The number of benzene rings is 3. The maximum Gasteiger partial charge on any atom is 0.349 e. The Morgan fingerprint density at radius 2 is 1.73 bits per heavy atom. The van der Waals surface area contributed by atoms with Crippen LogP contribution in [-0.4, -0.2) is 81.7 Å². The van der Waals surface area contributed by atoms with Crippen molar-refractivity contribution in [1.29, 1.82) is 0 Å². The van der Waals surface area contributed by atoms with Crippen LogP contribution in [0.5, 0.6) is 5.75 Å². The molecule has 1 fully saturated rings. The van der Waals surface area contributed by atoms with Gasteiger partial charge in [-0.2, -0.15) is 0 Å². The van der Waals surface area contributed by atoms with E-state index < -0.39 is 54.8 Å². The fourth-order valence-corrected chi connectivity index (χ4v) is 4.71. The summed E-state index contributed by atoms with van der Waals surface area (Å²) in [6.45, 7) is -0.828. The van der Waals surface area contributed by atoms with E-state index in [1.165, 1.54) is 12.1 Å². The van der Waals surface area contributed by atoms with Crippen molar-refractivity contribution in [2.45, 2.75) is 36.6 Å². The molecule has 3 aromatic carbocycles. The van der Waals surface area contributed by atoms with Gasteiger partial charge in [0.25, 0.3) is 5.91 Å². The van der Waals surface area contributed by atoms with Crippen LogP contribution in [0.3, 0.4) is 0 Å². The van der Waals surface area contributed by atoms with Crippen LogP contribution in [-0.2, 0) is 4.74 Å². The smallest absolute Gasteiger partial charge is 0.349 e. The molecule has 210 valence electrons. The van der Waals surface area contributed by atoms with Crippen molar-refractivity contribution in [3.05, 3.63) is 88.3 Å². The molecule has 0 radical (unpaired) electrons. The average molecular weight is 552 g/mol. The molecule has 1 unspecified atom stereocenters. The number of hydrogen-bond acceptors (Lipinski definition) is 10. The lowest BCUT2D eigenvalue weighted by Gasteiger charge is -2.40. The van der Waals surface area contributed by atoms with Crippen molar-refractivity contribution in [3.63, 3.8) is 0 Å². The molecule has 6 N–H and O–H groups in total. The monoisotopic (exact) mass is 551 g/mol. The second-order valence-electron chi connectivity index (χ2n) is 9.65. The highest BCUT2D eigenvalue weighted by atomic mass is 16.5. The Bertz CT molecular complexity index is 1560. The summed E-state index contributed by atoms with van der Waals surface area (Å²) in [6, 6.07) is 19.1. The molecular formula is C29H29NO10. The lowest BCUT2D eigenvalue weighted by Crippen LogP contribution is -2.55. The maximum absolute atomic E-state index is 12.7. The predicted molar refractivity (Wildman–Crippen MR) is 143 cm³/mol. The minimum absolute atomic E-state index is 0.0820. The molecular weight excluding hydrogens is 522 g/mol. The number of hydrogen-bond donors (Lipinski definition) is 6. The molecule has 0 saturated carbocycles. The third kappa shape index (κ3) is 5.56. The summed E-state index contributed by atoms with van der Waals surface area (Å²) < 4.78 is 16.6. The summed E-state index contributed by atoms with van der Waals surface area (Å²) in [6.07, 6.45) is -7.80. The van der Waals surface area contributed by atoms with Crippen LogP contribution in [0, 0.1) is 0 Å².